The van der Waals surface area contributed by atoms with Crippen LogP contribution in [0.1, 0.15) is 29.3 Å². The van der Waals surface area contributed by atoms with E-state index in [2.05, 4.69) is 15.2 Å². The molecule has 0 aliphatic carbocycles. The fourth-order valence-corrected chi connectivity index (χ4v) is 1.97. The number of H-pyrrole nitrogens is 1. The van der Waals surface area contributed by atoms with Crippen molar-refractivity contribution in [3.05, 3.63) is 11.6 Å². The van der Waals surface area contributed by atoms with E-state index < -0.39 is 0 Å². The lowest BCUT2D eigenvalue weighted by Crippen LogP contribution is -2.44. The number of piperidine rings is 1. The Kier molecular flexibility index (Phi) is 3.08. The number of hydrogen-bond acceptors (Lipinski definition) is 4. The lowest BCUT2D eigenvalue weighted by atomic mass is 9.97. The third-order valence-corrected chi connectivity index (χ3v) is 2.90. The predicted molar refractivity (Wildman–Crippen MR) is 58.9 cm³/mol. The van der Waals surface area contributed by atoms with E-state index in [1.165, 1.54) is 0 Å². The molecule has 0 spiro atoms. The molecule has 3 N–H and O–H groups in total. The van der Waals surface area contributed by atoms with Gasteiger partial charge in [-0.05, 0) is 19.8 Å². The second kappa shape index (κ2) is 4.52. The van der Waals surface area contributed by atoms with E-state index in [4.69, 9.17) is 5.73 Å². The highest BCUT2D eigenvalue weighted by molar-refractivity contribution is 5.91. The maximum Gasteiger partial charge on any atom is 0.293 e. The molecule has 2 rings (SSSR count). The predicted octanol–water partition coefficient (Wildman–Crippen LogP) is -0.549. The number of aromatic nitrogens is 3. The number of aromatic amines is 1. The van der Waals surface area contributed by atoms with Gasteiger partial charge in [0.1, 0.15) is 5.82 Å². The van der Waals surface area contributed by atoms with Gasteiger partial charge in [0.2, 0.25) is 11.7 Å². The highest BCUT2D eigenvalue weighted by atomic mass is 16.2. The molecule has 7 nitrogen and oxygen atoms in total. The molecule has 92 valence electrons. The van der Waals surface area contributed by atoms with Crippen LogP contribution in [0.3, 0.4) is 0 Å². The molecular weight excluding hydrogens is 222 g/mol. The smallest absolute Gasteiger partial charge is 0.293 e. The third-order valence-electron chi connectivity index (χ3n) is 2.90. The van der Waals surface area contributed by atoms with E-state index in [1.54, 1.807) is 11.8 Å². The summed E-state index contributed by atoms with van der Waals surface area (Å²) in [5.41, 5.74) is 5.26. The third kappa shape index (κ3) is 2.43. The fourth-order valence-electron chi connectivity index (χ4n) is 1.97. The average molecular weight is 237 g/mol. The average Bonchev–Trinajstić information content (AvgIpc) is 2.75. The molecule has 1 unspecified atom stereocenters. The largest absolute Gasteiger partial charge is 0.369 e. The van der Waals surface area contributed by atoms with Crippen LogP contribution in [-0.2, 0) is 4.79 Å². The summed E-state index contributed by atoms with van der Waals surface area (Å²) in [6.07, 6.45) is 1.52. The number of nitrogens with one attached hydrogen (secondary N) is 1. The van der Waals surface area contributed by atoms with Crippen molar-refractivity contribution in [3.8, 4) is 0 Å². The first-order valence-electron chi connectivity index (χ1n) is 5.55. The zero-order valence-electron chi connectivity index (χ0n) is 9.64. The number of carbonyl (C=O) groups excluding carboxylic acids is 2. The van der Waals surface area contributed by atoms with Gasteiger partial charge in [-0.3, -0.25) is 14.7 Å². The Morgan fingerprint density at radius 3 is 2.88 bits per heavy atom. The van der Waals surface area contributed by atoms with Crippen LogP contribution in [0.15, 0.2) is 0 Å². The number of nitrogens with zero attached hydrogens (tertiary/aromatic N) is 3. The van der Waals surface area contributed by atoms with Gasteiger partial charge in [0.05, 0.1) is 5.92 Å². The summed E-state index contributed by atoms with van der Waals surface area (Å²) < 4.78 is 0. The van der Waals surface area contributed by atoms with Crippen molar-refractivity contribution >= 4 is 11.8 Å². The molecule has 0 radical (unpaired) electrons. The molecule has 1 aliphatic heterocycles. The lowest BCUT2D eigenvalue weighted by Gasteiger charge is -2.30. The van der Waals surface area contributed by atoms with Crippen molar-refractivity contribution in [1.29, 1.82) is 0 Å². The number of likely N-dealkylation sites (tertiary alicyclic amines) is 1. The number of hydrogen-bond donors (Lipinski definition) is 2. The van der Waals surface area contributed by atoms with Gasteiger partial charge in [0.15, 0.2) is 0 Å². The highest BCUT2D eigenvalue weighted by Crippen LogP contribution is 2.17. The SMILES string of the molecule is Cc1nc(C(=O)N2CCCC(C(N)=O)C2)n[nH]1. The van der Waals surface area contributed by atoms with Gasteiger partial charge in [0.25, 0.3) is 5.91 Å². The Morgan fingerprint density at radius 2 is 2.29 bits per heavy atom. The van der Waals surface area contributed by atoms with E-state index in [9.17, 15) is 9.59 Å². The molecular formula is C10H15N5O2. The van der Waals surface area contributed by atoms with Crippen LogP contribution in [-0.4, -0.2) is 45.0 Å². The Balaban J connectivity index is 2.07. The Morgan fingerprint density at radius 1 is 1.53 bits per heavy atom. The Hall–Kier alpha value is -1.92. The molecule has 1 atom stereocenters. The summed E-state index contributed by atoms with van der Waals surface area (Å²) in [4.78, 5) is 28.7. The first-order valence-corrected chi connectivity index (χ1v) is 5.55. The van der Waals surface area contributed by atoms with Crippen molar-refractivity contribution in [3.63, 3.8) is 0 Å². The summed E-state index contributed by atoms with van der Waals surface area (Å²) in [6, 6.07) is 0. The first-order chi connectivity index (χ1) is 8.08. The standard InChI is InChI=1S/C10H15N5O2/c1-6-12-9(14-13-6)10(17)15-4-2-3-7(5-15)8(11)16/h7H,2-5H2,1H3,(H2,11,16)(H,12,13,14). The number of rotatable bonds is 2. The number of amides is 2. The number of nitrogens with two attached hydrogens (primary N) is 1. The van der Waals surface area contributed by atoms with E-state index in [0.717, 1.165) is 12.8 Å². The van der Waals surface area contributed by atoms with Gasteiger partial charge in [-0.15, -0.1) is 5.10 Å². The molecule has 2 amide bonds. The molecule has 0 bridgehead atoms. The molecule has 0 aromatic carbocycles. The minimum absolute atomic E-state index is 0.146. The van der Waals surface area contributed by atoms with Gasteiger partial charge in [-0.2, -0.15) is 0 Å². The van der Waals surface area contributed by atoms with Gasteiger partial charge in [-0.1, -0.05) is 0 Å². The van der Waals surface area contributed by atoms with Crippen molar-refractivity contribution < 1.29 is 9.59 Å². The van der Waals surface area contributed by atoms with Gasteiger partial charge in [-0.25, -0.2) is 4.98 Å². The summed E-state index contributed by atoms with van der Waals surface area (Å²) in [5, 5.41) is 6.44. The van der Waals surface area contributed by atoms with Crippen molar-refractivity contribution in [2.75, 3.05) is 13.1 Å². The summed E-state index contributed by atoms with van der Waals surface area (Å²) in [7, 11) is 0. The molecule has 1 saturated heterocycles. The van der Waals surface area contributed by atoms with Crippen LogP contribution >= 0.6 is 0 Å². The minimum Gasteiger partial charge on any atom is -0.369 e. The second-order valence-corrected chi connectivity index (χ2v) is 4.24. The molecule has 1 aromatic rings. The second-order valence-electron chi connectivity index (χ2n) is 4.24. The quantitative estimate of drug-likeness (QED) is 0.720. The highest BCUT2D eigenvalue weighted by Gasteiger charge is 2.29. The maximum absolute atomic E-state index is 12.0. The number of primary amides is 1. The zero-order valence-corrected chi connectivity index (χ0v) is 9.64. The van der Waals surface area contributed by atoms with Crippen molar-refractivity contribution in [2.24, 2.45) is 11.7 Å². The maximum atomic E-state index is 12.0. The van der Waals surface area contributed by atoms with Gasteiger partial charge >= 0.3 is 0 Å². The van der Waals surface area contributed by atoms with Gasteiger partial charge in [0, 0.05) is 13.1 Å². The molecule has 1 fully saturated rings. The number of aryl methyl sites for hydroxylation is 1. The Labute approximate surface area is 98.4 Å². The van der Waals surface area contributed by atoms with Gasteiger partial charge < -0.3 is 10.6 Å². The number of carbonyl (C=O) groups is 2. The van der Waals surface area contributed by atoms with Crippen LogP contribution < -0.4 is 5.73 Å². The first kappa shape index (κ1) is 11.6. The molecule has 0 saturated carbocycles. The topological polar surface area (TPSA) is 105 Å². The van der Waals surface area contributed by atoms with E-state index in [-0.39, 0.29) is 23.6 Å². The zero-order chi connectivity index (χ0) is 12.4. The molecule has 1 aliphatic rings. The molecule has 2 heterocycles. The van der Waals surface area contributed by atoms with Crippen LogP contribution in [0.5, 0.6) is 0 Å². The summed E-state index contributed by atoms with van der Waals surface area (Å²) in [5.74, 6) is -0.119. The van der Waals surface area contributed by atoms with Crippen molar-refractivity contribution in [2.45, 2.75) is 19.8 Å². The van der Waals surface area contributed by atoms with E-state index >= 15 is 0 Å². The normalized spacial score (nSPS) is 20.3. The minimum atomic E-state index is -0.353. The monoisotopic (exact) mass is 237 g/mol. The van der Waals surface area contributed by atoms with Crippen LogP contribution in [0.4, 0.5) is 0 Å². The van der Waals surface area contributed by atoms with E-state index in [1.807, 2.05) is 0 Å². The molecule has 7 heteroatoms. The fraction of sp³-hybridized carbons (Fsp3) is 0.600. The van der Waals surface area contributed by atoms with Crippen molar-refractivity contribution in [1.82, 2.24) is 20.1 Å². The lowest BCUT2D eigenvalue weighted by molar-refractivity contribution is -0.123. The summed E-state index contributed by atoms with van der Waals surface area (Å²) >= 11 is 0. The molecule has 17 heavy (non-hydrogen) atoms. The molecule has 1 aromatic heterocycles. The van der Waals surface area contributed by atoms with Crippen LogP contribution in [0.25, 0.3) is 0 Å². The van der Waals surface area contributed by atoms with Crippen LogP contribution in [0, 0.1) is 12.8 Å². The van der Waals surface area contributed by atoms with Crippen LogP contribution in [0.2, 0.25) is 0 Å². The van der Waals surface area contributed by atoms with E-state index in [0.29, 0.717) is 18.9 Å². The summed E-state index contributed by atoms with van der Waals surface area (Å²) in [6.45, 7) is 2.71. The Bertz CT molecular complexity index is 442.